The molecule has 1 aliphatic carbocycles. The van der Waals surface area contributed by atoms with E-state index < -0.39 is 0 Å². The van der Waals surface area contributed by atoms with Crippen LogP contribution >= 0.6 is 0 Å². The molecule has 2 heterocycles. The van der Waals surface area contributed by atoms with Gasteiger partial charge in [0.2, 0.25) is 5.95 Å². The lowest BCUT2D eigenvalue weighted by molar-refractivity contribution is 0.446. The molecule has 0 amide bonds. The highest BCUT2D eigenvalue weighted by Crippen LogP contribution is 2.28. The van der Waals surface area contributed by atoms with Crippen LogP contribution in [0.25, 0.3) is 11.1 Å². The van der Waals surface area contributed by atoms with Crippen molar-refractivity contribution < 1.29 is 0 Å². The Bertz CT molecular complexity index is 1000. The molecule has 0 atom stereocenters. The fourth-order valence-corrected chi connectivity index (χ4v) is 3.16. The summed E-state index contributed by atoms with van der Waals surface area (Å²) in [6, 6.07) is 14.0. The minimum atomic E-state index is 0.0586. The number of aromatic nitrogens is 3. The van der Waals surface area contributed by atoms with E-state index in [0.717, 1.165) is 35.5 Å². The Morgan fingerprint density at radius 2 is 1.62 bits per heavy atom. The fourth-order valence-electron chi connectivity index (χ4n) is 3.16. The first-order valence-electron chi connectivity index (χ1n) is 9.84. The van der Waals surface area contributed by atoms with Gasteiger partial charge < -0.3 is 16.0 Å². The molecule has 3 aromatic rings. The average Bonchev–Trinajstić information content (AvgIpc) is 2.71. The maximum absolute atomic E-state index is 4.60. The second kappa shape index (κ2) is 7.91. The zero-order valence-corrected chi connectivity index (χ0v) is 17.0. The van der Waals surface area contributed by atoms with E-state index in [1.165, 1.54) is 11.4 Å². The van der Waals surface area contributed by atoms with Crippen LogP contribution < -0.4 is 16.0 Å². The smallest absolute Gasteiger partial charge is 0.229 e. The minimum absolute atomic E-state index is 0.0586. The maximum atomic E-state index is 4.60. The molecular weight excluding hydrogens is 360 g/mol. The predicted octanol–water partition coefficient (Wildman–Crippen LogP) is 5.09. The Morgan fingerprint density at radius 1 is 0.828 bits per heavy atom. The van der Waals surface area contributed by atoms with Crippen molar-refractivity contribution in [1.29, 1.82) is 0 Å². The van der Waals surface area contributed by atoms with Gasteiger partial charge in [0, 0.05) is 41.2 Å². The van der Waals surface area contributed by atoms with Crippen molar-refractivity contribution in [2.24, 2.45) is 0 Å². The molecule has 0 unspecified atom stereocenters. The van der Waals surface area contributed by atoms with Gasteiger partial charge in [-0.3, -0.25) is 4.98 Å². The van der Waals surface area contributed by atoms with E-state index >= 15 is 0 Å². The first-order valence-corrected chi connectivity index (χ1v) is 9.84. The zero-order chi connectivity index (χ0) is 20.3. The highest BCUT2D eigenvalue weighted by Gasteiger charge is 2.22. The van der Waals surface area contributed by atoms with Crippen LogP contribution in [0.3, 0.4) is 0 Å². The number of benzene rings is 1. The first-order chi connectivity index (χ1) is 14.0. The summed E-state index contributed by atoms with van der Waals surface area (Å²) >= 11 is 0. The quantitative estimate of drug-likeness (QED) is 0.548. The summed E-state index contributed by atoms with van der Waals surface area (Å²) in [5, 5.41) is 10.3. The summed E-state index contributed by atoms with van der Waals surface area (Å²) in [4.78, 5) is 13.1. The molecule has 29 heavy (non-hydrogen) atoms. The summed E-state index contributed by atoms with van der Waals surface area (Å²) in [5.74, 6) is 1.35. The van der Waals surface area contributed by atoms with Gasteiger partial charge in [0.1, 0.15) is 5.82 Å². The maximum Gasteiger partial charge on any atom is 0.229 e. The van der Waals surface area contributed by atoms with Crippen molar-refractivity contribution >= 4 is 17.5 Å². The molecule has 4 rings (SSSR count). The molecule has 2 aromatic heterocycles. The van der Waals surface area contributed by atoms with Crippen LogP contribution in [0.4, 0.5) is 17.5 Å². The minimum Gasteiger partial charge on any atom is -0.382 e. The van der Waals surface area contributed by atoms with E-state index in [9.17, 15) is 0 Å². The summed E-state index contributed by atoms with van der Waals surface area (Å²) in [5.41, 5.74) is 5.67. The normalized spacial score (nSPS) is 13.6. The molecule has 3 N–H and O–H groups in total. The summed E-state index contributed by atoms with van der Waals surface area (Å²) in [6.45, 7) is 6.51. The molecular formula is C23H26N6. The van der Waals surface area contributed by atoms with Crippen LogP contribution in [0.15, 0.2) is 72.4 Å². The number of allylic oxidation sites excluding steroid dienone is 2. The van der Waals surface area contributed by atoms with Gasteiger partial charge in [-0.1, -0.05) is 18.2 Å². The van der Waals surface area contributed by atoms with Crippen LogP contribution in [0.1, 0.15) is 33.6 Å². The van der Waals surface area contributed by atoms with Gasteiger partial charge in [-0.2, -0.15) is 4.98 Å². The molecule has 0 bridgehead atoms. The fraction of sp³-hybridized carbons (Fsp3) is 0.261. The van der Waals surface area contributed by atoms with Gasteiger partial charge in [-0.15, -0.1) is 0 Å². The summed E-state index contributed by atoms with van der Waals surface area (Å²) < 4.78 is 0. The molecule has 0 fully saturated rings. The predicted molar refractivity (Wildman–Crippen MR) is 118 cm³/mol. The molecule has 0 spiro atoms. The van der Waals surface area contributed by atoms with E-state index in [4.69, 9.17) is 0 Å². The van der Waals surface area contributed by atoms with Crippen molar-refractivity contribution in [3.05, 3.63) is 72.4 Å². The molecule has 148 valence electrons. The third-order valence-electron chi connectivity index (χ3n) is 4.59. The van der Waals surface area contributed by atoms with Gasteiger partial charge in [0.15, 0.2) is 0 Å². The Hall–Kier alpha value is -3.41. The third kappa shape index (κ3) is 4.90. The van der Waals surface area contributed by atoms with E-state index in [1.54, 1.807) is 12.4 Å². The number of nitrogens with one attached hydrogen (secondary N) is 3. The van der Waals surface area contributed by atoms with E-state index in [2.05, 4.69) is 63.8 Å². The molecule has 6 heteroatoms. The lowest BCUT2D eigenvalue weighted by Gasteiger charge is -2.32. The number of rotatable bonds is 6. The van der Waals surface area contributed by atoms with E-state index in [1.807, 2.05) is 36.5 Å². The van der Waals surface area contributed by atoms with Gasteiger partial charge in [0.25, 0.3) is 0 Å². The molecule has 1 aromatic carbocycles. The van der Waals surface area contributed by atoms with Gasteiger partial charge in [-0.25, -0.2) is 4.98 Å². The monoisotopic (exact) mass is 386 g/mol. The number of nitrogens with zero attached hydrogens (tertiary/aromatic N) is 3. The van der Waals surface area contributed by atoms with E-state index in [0.29, 0.717) is 5.95 Å². The molecule has 0 saturated heterocycles. The highest BCUT2D eigenvalue weighted by molar-refractivity contribution is 5.66. The zero-order valence-electron chi connectivity index (χ0n) is 17.0. The largest absolute Gasteiger partial charge is 0.382 e. The van der Waals surface area contributed by atoms with Gasteiger partial charge in [-0.05, 0) is 69.0 Å². The third-order valence-corrected chi connectivity index (χ3v) is 4.59. The second-order valence-corrected chi connectivity index (χ2v) is 8.17. The Balaban J connectivity index is 1.44. The Labute approximate surface area is 171 Å². The molecule has 0 saturated carbocycles. The number of pyridine rings is 1. The van der Waals surface area contributed by atoms with Crippen molar-refractivity contribution in [1.82, 2.24) is 20.3 Å². The first kappa shape index (κ1) is 18.9. The highest BCUT2D eigenvalue weighted by atomic mass is 15.1. The Morgan fingerprint density at radius 3 is 2.28 bits per heavy atom. The molecule has 0 radical (unpaired) electrons. The van der Waals surface area contributed by atoms with Crippen LogP contribution in [0.5, 0.6) is 0 Å². The molecule has 0 aliphatic heterocycles. The van der Waals surface area contributed by atoms with Gasteiger partial charge in [0.05, 0.1) is 0 Å². The second-order valence-electron chi connectivity index (χ2n) is 8.17. The van der Waals surface area contributed by atoms with Crippen LogP contribution in [-0.2, 0) is 0 Å². The summed E-state index contributed by atoms with van der Waals surface area (Å²) in [7, 11) is 0. The van der Waals surface area contributed by atoms with Crippen LogP contribution in [-0.4, -0.2) is 20.5 Å². The van der Waals surface area contributed by atoms with Crippen molar-refractivity contribution in [2.45, 2.75) is 39.2 Å². The lowest BCUT2D eigenvalue weighted by atomic mass is 9.97. The lowest BCUT2D eigenvalue weighted by Crippen LogP contribution is -2.38. The van der Waals surface area contributed by atoms with Gasteiger partial charge >= 0.3 is 0 Å². The van der Waals surface area contributed by atoms with Crippen molar-refractivity contribution in [3.63, 3.8) is 0 Å². The number of hydrogen-bond donors (Lipinski definition) is 3. The number of hydrogen-bond acceptors (Lipinski definition) is 6. The average molecular weight is 387 g/mol. The molecule has 6 nitrogen and oxygen atoms in total. The summed E-state index contributed by atoms with van der Waals surface area (Å²) in [6.07, 6.45) is 7.50. The van der Waals surface area contributed by atoms with Crippen LogP contribution in [0.2, 0.25) is 0 Å². The van der Waals surface area contributed by atoms with Crippen molar-refractivity contribution in [2.75, 3.05) is 10.6 Å². The SMILES string of the molecule is CC(C)(C)NC1=C(Nc2ccnc(Nc3ccc(-c4cccnc4)cc3)n2)CC1. The standard InChI is InChI=1S/C23H26N6/c1-23(2,3)29-20-11-10-19(20)27-21-12-14-25-22(28-21)26-18-8-6-16(7-9-18)17-5-4-13-24-15-17/h4-9,12-15,29H,10-11H2,1-3H3,(H2,25,26,27,28). The van der Waals surface area contributed by atoms with Crippen LogP contribution in [0, 0.1) is 0 Å². The Kier molecular flexibility index (Phi) is 5.16. The van der Waals surface area contributed by atoms with Crippen molar-refractivity contribution in [3.8, 4) is 11.1 Å². The topological polar surface area (TPSA) is 74.8 Å². The van der Waals surface area contributed by atoms with E-state index in [-0.39, 0.29) is 5.54 Å². The number of anilines is 3. The molecule has 1 aliphatic rings.